The smallest absolute Gasteiger partial charge is 0.195 e. The number of aryl methyl sites for hydroxylation is 1. The third kappa shape index (κ3) is 9.11. The molecule has 2 aromatic rings. The van der Waals surface area contributed by atoms with E-state index >= 15 is 0 Å². The van der Waals surface area contributed by atoms with E-state index in [-0.39, 0.29) is 30.0 Å². The van der Waals surface area contributed by atoms with E-state index in [1.165, 1.54) is 11.1 Å². The van der Waals surface area contributed by atoms with Crippen LogP contribution in [0.5, 0.6) is 5.75 Å². The molecular formula is C25H37IN4O3. The molecule has 1 fully saturated rings. The highest BCUT2D eigenvalue weighted by Crippen LogP contribution is 2.22. The van der Waals surface area contributed by atoms with Crippen molar-refractivity contribution in [3.8, 4) is 5.75 Å². The number of nitrogens with one attached hydrogen (secondary N) is 2. The summed E-state index contributed by atoms with van der Waals surface area (Å²) >= 11 is 0. The van der Waals surface area contributed by atoms with Gasteiger partial charge in [-0.1, -0.05) is 35.9 Å². The number of morpholine rings is 1. The van der Waals surface area contributed by atoms with E-state index in [1.54, 1.807) is 14.2 Å². The number of methoxy groups -OCH3 is 1. The maximum Gasteiger partial charge on any atom is 0.195 e. The molecule has 1 atom stereocenters. The lowest BCUT2D eigenvalue weighted by atomic mass is 10.0. The van der Waals surface area contributed by atoms with Gasteiger partial charge in [0.25, 0.3) is 0 Å². The molecule has 0 radical (unpaired) electrons. The number of nitrogens with zero attached hydrogens (tertiary/aromatic N) is 2. The minimum Gasteiger partial charge on any atom is -0.493 e. The van der Waals surface area contributed by atoms with Crippen molar-refractivity contribution in [2.24, 2.45) is 4.99 Å². The number of ether oxygens (including phenoxy) is 3. The zero-order valence-corrected chi connectivity index (χ0v) is 22.2. The molecule has 0 bridgehead atoms. The molecule has 0 aliphatic carbocycles. The van der Waals surface area contributed by atoms with Gasteiger partial charge in [0, 0.05) is 58.6 Å². The third-order valence-corrected chi connectivity index (χ3v) is 5.46. The first-order valence-corrected chi connectivity index (χ1v) is 11.3. The molecule has 1 heterocycles. The number of hydrogen-bond donors (Lipinski definition) is 2. The number of aliphatic imine (C=N–C) groups is 1. The molecule has 0 amide bonds. The number of halogens is 1. The molecule has 1 saturated heterocycles. The van der Waals surface area contributed by atoms with Crippen LogP contribution in [0.4, 0.5) is 5.69 Å². The van der Waals surface area contributed by atoms with Crippen LogP contribution in [-0.2, 0) is 9.47 Å². The van der Waals surface area contributed by atoms with Gasteiger partial charge in [-0.25, -0.2) is 0 Å². The minimum absolute atomic E-state index is 0. The molecule has 0 spiro atoms. The lowest BCUT2D eigenvalue weighted by molar-refractivity contribution is 0.0170. The van der Waals surface area contributed by atoms with Gasteiger partial charge in [-0.3, -0.25) is 9.89 Å². The summed E-state index contributed by atoms with van der Waals surface area (Å²) in [5.74, 6) is 1.56. The van der Waals surface area contributed by atoms with E-state index in [2.05, 4.69) is 51.7 Å². The number of anilines is 1. The topological polar surface area (TPSA) is 67.4 Å². The molecule has 8 heteroatoms. The van der Waals surface area contributed by atoms with Crippen molar-refractivity contribution in [1.29, 1.82) is 0 Å². The van der Waals surface area contributed by atoms with Gasteiger partial charge in [0.05, 0.1) is 25.9 Å². The van der Waals surface area contributed by atoms with Crippen molar-refractivity contribution in [1.82, 2.24) is 10.2 Å². The van der Waals surface area contributed by atoms with Gasteiger partial charge in [0.15, 0.2) is 5.96 Å². The van der Waals surface area contributed by atoms with E-state index < -0.39 is 0 Å². The first-order chi connectivity index (χ1) is 15.7. The van der Waals surface area contributed by atoms with E-state index in [0.29, 0.717) is 13.2 Å². The van der Waals surface area contributed by atoms with Crippen LogP contribution in [0.15, 0.2) is 53.5 Å². The Morgan fingerprint density at radius 2 is 1.91 bits per heavy atom. The van der Waals surface area contributed by atoms with Crippen LogP contribution in [0, 0.1) is 6.92 Å². The van der Waals surface area contributed by atoms with Crippen LogP contribution < -0.4 is 15.4 Å². The molecule has 0 aromatic heterocycles. The fourth-order valence-electron chi connectivity index (χ4n) is 3.79. The molecular weight excluding hydrogens is 531 g/mol. The van der Waals surface area contributed by atoms with Gasteiger partial charge < -0.3 is 24.8 Å². The molecule has 1 aliphatic rings. The van der Waals surface area contributed by atoms with Crippen molar-refractivity contribution in [2.75, 3.05) is 65.5 Å². The van der Waals surface area contributed by atoms with E-state index in [4.69, 9.17) is 14.2 Å². The monoisotopic (exact) mass is 568 g/mol. The molecule has 182 valence electrons. The van der Waals surface area contributed by atoms with Gasteiger partial charge in [-0.05, 0) is 24.6 Å². The largest absolute Gasteiger partial charge is 0.493 e. The second kappa shape index (κ2) is 15.1. The highest BCUT2D eigenvalue weighted by atomic mass is 127. The lowest BCUT2D eigenvalue weighted by Crippen LogP contribution is -2.44. The number of benzene rings is 2. The summed E-state index contributed by atoms with van der Waals surface area (Å²) in [6, 6.07) is 16.9. The van der Waals surface area contributed by atoms with Crippen LogP contribution >= 0.6 is 24.0 Å². The molecule has 3 rings (SSSR count). The zero-order valence-electron chi connectivity index (χ0n) is 19.9. The molecule has 1 unspecified atom stereocenters. The van der Waals surface area contributed by atoms with Crippen LogP contribution in [0.1, 0.15) is 23.6 Å². The Bertz CT molecular complexity index is 859. The summed E-state index contributed by atoms with van der Waals surface area (Å²) in [5, 5.41) is 6.89. The SMILES string of the molecule is CN=C(NCC(c1cccc(C)c1)N1CCOCC1)Nc1cccc(OCCCOC)c1.I. The summed E-state index contributed by atoms with van der Waals surface area (Å²) in [6.45, 7) is 7.60. The number of hydrogen-bond acceptors (Lipinski definition) is 5. The summed E-state index contributed by atoms with van der Waals surface area (Å²) in [5.41, 5.74) is 3.51. The van der Waals surface area contributed by atoms with Gasteiger partial charge in [-0.2, -0.15) is 0 Å². The first-order valence-electron chi connectivity index (χ1n) is 11.3. The van der Waals surface area contributed by atoms with E-state index in [1.807, 2.05) is 24.3 Å². The molecule has 7 nitrogen and oxygen atoms in total. The Labute approximate surface area is 214 Å². The number of guanidine groups is 1. The van der Waals surface area contributed by atoms with E-state index in [9.17, 15) is 0 Å². The van der Waals surface area contributed by atoms with Crippen molar-refractivity contribution < 1.29 is 14.2 Å². The third-order valence-electron chi connectivity index (χ3n) is 5.46. The van der Waals surface area contributed by atoms with Gasteiger partial charge in [0.2, 0.25) is 0 Å². The fraction of sp³-hybridized carbons (Fsp3) is 0.480. The second-order valence-corrected chi connectivity index (χ2v) is 7.88. The Morgan fingerprint density at radius 3 is 2.64 bits per heavy atom. The summed E-state index contributed by atoms with van der Waals surface area (Å²) in [7, 11) is 3.49. The highest BCUT2D eigenvalue weighted by Gasteiger charge is 2.23. The standard InChI is InChI=1S/C25H36N4O3.HI/c1-20-7-4-8-21(17-20)24(29-11-15-31-16-12-29)19-27-25(26-2)28-22-9-5-10-23(18-22)32-14-6-13-30-3;/h4-5,7-10,17-18,24H,6,11-16,19H2,1-3H3,(H2,26,27,28);1H. The molecule has 0 saturated carbocycles. The Morgan fingerprint density at radius 1 is 1.12 bits per heavy atom. The predicted octanol–water partition coefficient (Wildman–Crippen LogP) is 4.09. The van der Waals surface area contributed by atoms with Crippen LogP contribution in [0.2, 0.25) is 0 Å². The number of rotatable bonds is 10. The minimum atomic E-state index is 0. The second-order valence-electron chi connectivity index (χ2n) is 7.88. The normalized spacial score (nSPS) is 15.4. The van der Waals surface area contributed by atoms with Crippen LogP contribution in [0.3, 0.4) is 0 Å². The van der Waals surface area contributed by atoms with E-state index in [0.717, 1.165) is 56.7 Å². The summed E-state index contributed by atoms with van der Waals surface area (Å²) in [4.78, 5) is 6.90. The average Bonchev–Trinajstić information content (AvgIpc) is 2.82. The van der Waals surface area contributed by atoms with Gasteiger partial charge in [-0.15, -0.1) is 24.0 Å². The molecule has 33 heavy (non-hydrogen) atoms. The predicted molar refractivity (Wildman–Crippen MR) is 145 cm³/mol. The van der Waals surface area contributed by atoms with Crippen LogP contribution in [-0.4, -0.2) is 71.1 Å². The zero-order chi connectivity index (χ0) is 22.6. The summed E-state index contributed by atoms with van der Waals surface area (Å²) < 4.78 is 16.5. The Balaban J connectivity index is 0.00000385. The van der Waals surface area contributed by atoms with Crippen molar-refractivity contribution in [2.45, 2.75) is 19.4 Å². The maximum absolute atomic E-state index is 5.81. The Hall–Kier alpha value is -1.88. The molecule has 2 N–H and O–H groups in total. The maximum atomic E-state index is 5.81. The molecule has 1 aliphatic heterocycles. The van der Waals surface area contributed by atoms with Crippen molar-refractivity contribution in [3.05, 3.63) is 59.7 Å². The summed E-state index contributed by atoms with van der Waals surface area (Å²) in [6.07, 6.45) is 0.860. The fourth-order valence-corrected chi connectivity index (χ4v) is 3.79. The molecule has 2 aromatic carbocycles. The van der Waals surface area contributed by atoms with Gasteiger partial charge in [0.1, 0.15) is 5.75 Å². The lowest BCUT2D eigenvalue weighted by Gasteiger charge is -2.35. The Kier molecular flexibility index (Phi) is 12.5. The van der Waals surface area contributed by atoms with Crippen molar-refractivity contribution >= 4 is 35.6 Å². The first kappa shape index (κ1) is 27.4. The average molecular weight is 569 g/mol. The highest BCUT2D eigenvalue weighted by molar-refractivity contribution is 14.0. The van der Waals surface area contributed by atoms with Crippen molar-refractivity contribution in [3.63, 3.8) is 0 Å². The van der Waals surface area contributed by atoms with Gasteiger partial charge >= 0.3 is 0 Å². The quantitative estimate of drug-likeness (QED) is 0.195. The van der Waals surface area contributed by atoms with Crippen LogP contribution in [0.25, 0.3) is 0 Å².